The molecule has 1 amide bonds. The van der Waals surface area contributed by atoms with Crippen molar-refractivity contribution >= 4 is 17.2 Å². The van der Waals surface area contributed by atoms with Crippen LogP contribution in [0.1, 0.15) is 36.4 Å². The number of carbonyl (C=O) groups excluding carboxylic acids is 1. The summed E-state index contributed by atoms with van der Waals surface area (Å²) in [7, 11) is 0. The van der Waals surface area contributed by atoms with Gasteiger partial charge in [-0.2, -0.15) is 0 Å². The number of unbranched alkanes of at least 4 members (excludes halogenated alkanes) is 1. The Hall–Kier alpha value is -0.830. The number of thiophene rings is 1. The molecule has 0 N–H and O–H groups in total. The molecule has 78 valence electrons. The molecule has 2 nitrogen and oxygen atoms in total. The van der Waals surface area contributed by atoms with E-state index in [0.717, 1.165) is 30.8 Å². The van der Waals surface area contributed by atoms with Gasteiger partial charge < -0.3 is 4.90 Å². The lowest BCUT2D eigenvalue weighted by atomic mass is 10.3. The molecule has 0 aromatic carbocycles. The van der Waals surface area contributed by atoms with Crippen LogP contribution < -0.4 is 0 Å². The van der Waals surface area contributed by atoms with Gasteiger partial charge in [0.2, 0.25) is 0 Å². The zero-order chi connectivity index (χ0) is 10.4. The van der Waals surface area contributed by atoms with Crippen LogP contribution in [-0.2, 0) is 0 Å². The first-order valence-electron chi connectivity index (χ1n) is 5.12. The van der Waals surface area contributed by atoms with Crippen LogP contribution in [0.15, 0.2) is 17.5 Å². The fourth-order valence-electron chi connectivity index (χ4n) is 1.31. The summed E-state index contributed by atoms with van der Waals surface area (Å²) in [5.74, 6) is 0.177. The van der Waals surface area contributed by atoms with Crippen LogP contribution in [0, 0.1) is 0 Å². The summed E-state index contributed by atoms with van der Waals surface area (Å²) in [6.45, 7) is 5.85. The van der Waals surface area contributed by atoms with Gasteiger partial charge in [-0.1, -0.05) is 19.4 Å². The Morgan fingerprint density at radius 2 is 2.29 bits per heavy atom. The van der Waals surface area contributed by atoms with Crippen molar-refractivity contribution in [2.45, 2.75) is 26.7 Å². The van der Waals surface area contributed by atoms with E-state index in [1.807, 2.05) is 29.3 Å². The van der Waals surface area contributed by atoms with Crippen LogP contribution in [0.25, 0.3) is 0 Å². The second-order valence-corrected chi connectivity index (χ2v) is 4.16. The van der Waals surface area contributed by atoms with Crippen LogP contribution in [0.2, 0.25) is 0 Å². The van der Waals surface area contributed by atoms with E-state index in [4.69, 9.17) is 0 Å². The van der Waals surface area contributed by atoms with Gasteiger partial charge in [0.15, 0.2) is 0 Å². The number of amides is 1. The van der Waals surface area contributed by atoms with Gasteiger partial charge in [0, 0.05) is 13.1 Å². The Morgan fingerprint density at radius 3 is 2.79 bits per heavy atom. The topological polar surface area (TPSA) is 20.3 Å². The van der Waals surface area contributed by atoms with E-state index in [9.17, 15) is 4.79 Å². The predicted molar refractivity (Wildman–Crippen MR) is 60.8 cm³/mol. The highest BCUT2D eigenvalue weighted by Crippen LogP contribution is 2.12. The molecule has 1 rings (SSSR count). The van der Waals surface area contributed by atoms with Crippen LogP contribution in [0.4, 0.5) is 0 Å². The van der Waals surface area contributed by atoms with Gasteiger partial charge in [0.05, 0.1) is 4.88 Å². The van der Waals surface area contributed by atoms with Gasteiger partial charge in [-0.05, 0) is 24.8 Å². The highest BCUT2D eigenvalue weighted by molar-refractivity contribution is 7.12. The molecule has 0 saturated heterocycles. The number of hydrogen-bond donors (Lipinski definition) is 0. The monoisotopic (exact) mass is 211 g/mol. The van der Waals surface area contributed by atoms with Crippen molar-refractivity contribution in [2.24, 2.45) is 0 Å². The molecule has 1 heterocycles. The van der Waals surface area contributed by atoms with Crippen LogP contribution in [-0.4, -0.2) is 23.9 Å². The number of carbonyl (C=O) groups is 1. The molecule has 0 fully saturated rings. The minimum Gasteiger partial charge on any atom is -0.338 e. The van der Waals surface area contributed by atoms with Gasteiger partial charge >= 0.3 is 0 Å². The fourth-order valence-corrected chi connectivity index (χ4v) is 2.00. The lowest BCUT2D eigenvalue weighted by Gasteiger charge is -2.19. The summed E-state index contributed by atoms with van der Waals surface area (Å²) in [5.41, 5.74) is 0. The normalized spacial score (nSPS) is 10.1. The SMILES string of the molecule is CCCCN(CC)C(=O)c1cccs1. The second kappa shape index (κ2) is 5.81. The predicted octanol–water partition coefficient (Wildman–Crippen LogP) is 3.01. The van der Waals surface area contributed by atoms with Gasteiger partial charge in [0.25, 0.3) is 5.91 Å². The summed E-state index contributed by atoms with van der Waals surface area (Å²) in [6.07, 6.45) is 2.22. The molecule has 0 aliphatic heterocycles. The Morgan fingerprint density at radius 1 is 1.50 bits per heavy atom. The molecular formula is C11H17NOS. The highest BCUT2D eigenvalue weighted by atomic mass is 32.1. The molecular weight excluding hydrogens is 194 g/mol. The van der Waals surface area contributed by atoms with E-state index in [-0.39, 0.29) is 5.91 Å². The molecule has 0 radical (unpaired) electrons. The van der Waals surface area contributed by atoms with Crippen molar-refractivity contribution in [3.05, 3.63) is 22.4 Å². The van der Waals surface area contributed by atoms with Crippen molar-refractivity contribution in [1.82, 2.24) is 4.90 Å². The Bertz CT molecular complexity index is 269. The minimum absolute atomic E-state index is 0.177. The Balaban J connectivity index is 2.56. The quantitative estimate of drug-likeness (QED) is 0.733. The zero-order valence-corrected chi connectivity index (χ0v) is 9.64. The van der Waals surface area contributed by atoms with Crippen LogP contribution in [0.3, 0.4) is 0 Å². The first kappa shape index (κ1) is 11.2. The maximum absolute atomic E-state index is 11.9. The number of hydrogen-bond acceptors (Lipinski definition) is 2. The van der Waals surface area contributed by atoms with Gasteiger partial charge in [-0.15, -0.1) is 11.3 Å². The molecule has 0 aliphatic rings. The maximum Gasteiger partial charge on any atom is 0.263 e. The number of rotatable bonds is 5. The summed E-state index contributed by atoms with van der Waals surface area (Å²) in [6, 6.07) is 3.81. The Labute approximate surface area is 89.5 Å². The first-order chi connectivity index (χ1) is 6.79. The van der Waals surface area contributed by atoms with Crippen molar-refractivity contribution in [1.29, 1.82) is 0 Å². The van der Waals surface area contributed by atoms with Crippen molar-refractivity contribution in [3.8, 4) is 0 Å². The van der Waals surface area contributed by atoms with Crippen molar-refractivity contribution in [3.63, 3.8) is 0 Å². The lowest BCUT2D eigenvalue weighted by molar-refractivity contribution is 0.0767. The minimum atomic E-state index is 0.177. The van der Waals surface area contributed by atoms with E-state index >= 15 is 0 Å². The average molecular weight is 211 g/mol. The van der Waals surface area contributed by atoms with Gasteiger partial charge in [-0.3, -0.25) is 4.79 Å². The second-order valence-electron chi connectivity index (χ2n) is 3.22. The summed E-state index contributed by atoms with van der Waals surface area (Å²) in [5, 5.41) is 1.95. The molecule has 0 bridgehead atoms. The fraction of sp³-hybridized carbons (Fsp3) is 0.545. The average Bonchev–Trinajstić information content (AvgIpc) is 2.71. The third-order valence-corrected chi connectivity index (χ3v) is 3.04. The van der Waals surface area contributed by atoms with Crippen molar-refractivity contribution < 1.29 is 4.79 Å². The maximum atomic E-state index is 11.9. The molecule has 0 unspecified atom stereocenters. The molecule has 0 atom stereocenters. The van der Waals surface area contributed by atoms with E-state index in [1.54, 1.807) is 0 Å². The highest BCUT2D eigenvalue weighted by Gasteiger charge is 2.13. The lowest BCUT2D eigenvalue weighted by Crippen LogP contribution is -2.31. The first-order valence-corrected chi connectivity index (χ1v) is 6.00. The van der Waals surface area contributed by atoms with Crippen LogP contribution in [0.5, 0.6) is 0 Å². The molecule has 0 spiro atoms. The smallest absolute Gasteiger partial charge is 0.263 e. The van der Waals surface area contributed by atoms with Gasteiger partial charge in [0.1, 0.15) is 0 Å². The molecule has 3 heteroatoms. The van der Waals surface area contributed by atoms with E-state index in [2.05, 4.69) is 6.92 Å². The molecule has 0 saturated carbocycles. The number of nitrogens with zero attached hydrogens (tertiary/aromatic N) is 1. The van der Waals surface area contributed by atoms with E-state index in [1.165, 1.54) is 11.3 Å². The summed E-state index contributed by atoms with van der Waals surface area (Å²) >= 11 is 1.52. The molecule has 14 heavy (non-hydrogen) atoms. The molecule has 0 aliphatic carbocycles. The van der Waals surface area contributed by atoms with E-state index in [0.29, 0.717) is 0 Å². The third-order valence-electron chi connectivity index (χ3n) is 2.18. The van der Waals surface area contributed by atoms with Crippen LogP contribution >= 0.6 is 11.3 Å². The van der Waals surface area contributed by atoms with Gasteiger partial charge in [-0.25, -0.2) is 0 Å². The van der Waals surface area contributed by atoms with Crippen molar-refractivity contribution in [2.75, 3.05) is 13.1 Å². The van der Waals surface area contributed by atoms with E-state index < -0.39 is 0 Å². The molecule has 1 aromatic heterocycles. The largest absolute Gasteiger partial charge is 0.338 e. The Kier molecular flexibility index (Phi) is 4.66. The zero-order valence-electron chi connectivity index (χ0n) is 8.82. The summed E-state index contributed by atoms with van der Waals surface area (Å²) in [4.78, 5) is 14.6. The third kappa shape index (κ3) is 2.84. The molecule has 1 aromatic rings. The standard InChI is InChI=1S/C11H17NOS/c1-3-5-8-12(4-2)11(13)10-7-6-9-14-10/h6-7,9H,3-5,8H2,1-2H3. The summed E-state index contributed by atoms with van der Waals surface area (Å²) < 4.78 is 0.